The first-order chi connectivity index (χ1) is 9.60. The lowest BCUT2D eigenvalue weighted by Gasteiger charge is -2.18. The summed E-state index contributed by atoms with van der Waals surface area (Å²) in [5, 5.41) is 15.0. The van der Waals surface area contributed by atoms with Crippen LogP contribution in [0.2, 0.25) is 0 Å². The first kappa shape index (κ1) is 14.6. The molecule has 2 rings (SSSR count). The van der Waals surface area contributed by atoms with Gasteiger partial charge < -0.3 is 14.4 Å². The summed E-state index contributed by atoms with van der Waals surface area (Å²) in [5.41, 5.74) is 1.42. The van der Waals surface area contributed by atoms with Gasteiger partial charge in [-0.3, -0.25) is 4.68 Å². The zero-order chi connectivity index (χ0) is 14.7. The van der Waals surface area contributed by atoms with Gasteiger partial charge in [0.15, 0.2) is 5.75 Å². The van der Waals surface area contributed by atoms with Crippen LogP contribution in [0.4, 0.5) is 0 Å². The molecular weight excluding hydrogens is 256 g/mol. The van der Waals surface area contributed by atoms with Crippen molar-refractivity contribution in [1.29, 1.82) is 0 Å². The number of hydrogen-bond donors (Lipinski definition) is 1. The quantitative estimate of drug-likeness (QED) is 0.879. The largest absolute Gasteiger partial charge is 0.493 e. The van der Waals surface area contributed by atoms with Gasteiger partial charge in [-0.15, -0.1) is 0 Å². The molecule has 110 valence electrons. The fourth-order valence-electron chi connectivity index (χ4n) is 2.30. The van der Waals surface area contributed by atoms with Crippen molar-refractivity contribution in [2.24, 2.45) is 0 Å². The lowest BCUT2D eigenvalue weighted by Crippen LogP contribution is -2.15. The number of imidazole rings is 1. The fraction of sp³-hybridized carbons (Fsp3) is 0.571. The third-order valence-electron chi connectivity index (χ3n) is 3.29. The molecular formula is C14H22N4O2. The van der Waals surface area contributed by atoms with Crippen LogP contribution in [0, 0.1) is 0 Å². The van der Waals surface area contributed by atoms with Gasteiger partial charge >= 0.3 is 0 Å². The Morgan fingerprint density at radius 3 is 2.70 bits per heavy atom. The maximum atomic E-state index is 10.7. The molecule has 20 heavy (non-hydrogen) atoms. The lowest BCUT2D eigenvalue weighted by molar-refractivity contribution is 0.190. The van der Waals surface area contributed by atoms with E-state index in [2.05, 4.69) is 30.9 Å². The summed E-state index contributed by atoms with van der Waals surface area (Å²) in [6, 6.07) is 0.232. The molecule has 2 heterocycles. The first-order valence-corrected chi connectivity index (χ1v) is 6.89. The summed E-state index contributed by atoms with van der Waals surface area (Å²) in [6.45, 7) is 6.92. The Balaban J connectivity index is 2.44. The number of aromatic nitrogens is 4. The highest BCUT2D eigenvalue weighted by atomic mass is 16.5. The zero-order valence-corrected chi connectivity index (χ0v) is 12.4. The van der Waals surface area contributed by atoms with Gasteiger partial charge in [-0.2, -0.15) is 5.10 Å². The van der Waals surface area contributed by atoms with Gasteiger partial charge in [0, 0.05) is 12.6 Å². The summed E-state index contributed by atoms with van der Waals surface area (Å²) >= 11 is 0. The molecule has 0 fully saturated rings. The minimum absolute atomic E-state index is 0.232. The molecule has 0 aromatic carbocycles. The second kappa shape index (κ2) is 6.09. The average molecular weight is 278 g/mol. The number of methoxy groups -OCH3 is 1. The maximum Gasteiger partial charge on any atom is 0.163 e. The molecule has 0 aliphatic rings. The SMILES string of the molecule is CCCn1ncc(OC)c1C(O)c1cncn1C(C)C. The van der Waals surface area contributed by atoms with E-state index in [4.69, 9.17) is 4.74 Å². The van der Waals surface area contributed by atoms with Gasteiger partial charge in [0.2, 0.25) is 0 Å². The van der Waals surface area contributed by atoms with E-state index in [1.807, 2.05) is 4.57 Å². The number of aliphatic hydroxyl groups is 1. The predicted octanol–water partition coefficient (Wildman–Crippen LogP) is 2.16. The molecule has 0 saturated carbocycles. The van der Waals surface area contributed by atoms with E-state index >= 15 is 0 Å². The van der Waals surface area contributed by atoms with E-state index in [-0.39, 0.29) is 6.04 Å². The second-order valence-corrected chi connectivity index (χ2v) is 5.04. The van der Waals surface area contributed by atoms with E-state index in [0.717, 1.165) is 18.7 Å². The monoisotopic (exact) mass is 278 g/mol. The van der Waals surface area contributed by atoms with Crippen molar-refractivity contribution in [2.45, 2.75) is 45.9 Å². The van der Waals surface area contributed by atoms with Crippen molar-refractivity contribution in [2.75, 3.05) is 7.11 Å². The minimum Gasteiger partial charge on any atom is -0.493 e. The molecule has 0 saturated heterocycles. The molecule has 0 spiro atoms. The van der Waals surface area contributed by atoms with Crippen molar-refractivity contribution in [1.82, 2.24) is 19.3 Å². The second-order valence-electron chi connectivity index (χ2n) is 5.04. The van der Waals surface area contributed by atoms with Gasteiger partial charge in [-0.05, 0) is 20.3 Å². The predicted molar refractivity (Wildman–Crippen MR) is 75.7 cm³/mol. The van der Waals surface area contributed by atoms with Crippen LogP contribution >= 0.6 is 0 Å². The van der Waals surface area contributed by atoms with E-state index in [9.17, 15) is 5.11 Å². The van der Waals surface area contributed by atoms with Crippen LogP contribution in [0.15, 0.2) is 18.7 Å². The van der Waals surface area contributed by atoms with Crippen molar-refractivity contribution in [3.05, 3.63) is 30.1 Å². The number of aliphatic hydroxyl groups excluding tert-OH is 1. The summed E-state index contributed by atoms with van der Waals surface area (Å²) in [7, 11) is 1.59. The van der Waals surface area contributed by atoms with Crippen LogP contribution in [0.25, 0.3) is 0 Å². The molecule has 1 N–H and O–H groups in total. The molecule has 1 atom stereocenters. The summed E-state index contributed by atoms with van der Waals surface area (Å²) < 4.78 is 9.06. The smallest absolute Gasteiger partial charge is 0.163 e. The molecule has 0 amide bonds. The number of aryl methyl sites for hydroxylation is 1. The summed E-state index contributed by atoms with van der Waals surface area (Å²) in [4.78, 5) is 4.14. The Morgan fingerprint density at radius 1 is 1.35 bits per heavy atom. The molecule has 0 radical (unpaired) electrons. The normalized spacial score (nSPS) is 12.9. The van der Waals surface area contributed by atoms with Crippen molar-refractivity contribution in [3.63, 3.8) is 0 Å². The first-order valence-electron chi connectivity index (χ1n) is 6.89. The minimum atomic E-state index is -0.802. The van der Waals surface area contributed by atoms with E-state index in [0.29, 0.717) is 11.4 Å². The van der Waals surface area contributed by atoms with Gasteiger partial charge in [0.05, 0.1) is 31.5 Å². The fourth-order valence-corrected chi connectivity index (χ4v) is 2.30. The molecule has 2 aromatic heterocycles. The highest BCUT2D eigenvalue weighted by Gasteiger charge is 2.24. The third kappa shape index (κ3) is 2.56. The standard InChI is InChI=1S/C14H22N4O2/c1-5-6-18-13(12(20-4)8-16-18)14(19)11-7-15-9-17(11)10(2)3/h7-10,14,19H,5-6H2,1-4H3. The summed E-state index contributed by atoms with van der Waals surface area (Å²) in [6.07, 6.45) is 5.20. The Kier molecular flexibility index (Phi) is 4.44. The Hall–Kier alpha value is -1.82. The number of nitrogens with zero attached hydrogens (tertiary/aromatic N) is 4. The number of ether oxygens (including phenoxy) is 1. The molecule has 1 unspecified atom stereocenters. The van der Waals surface area contributed by atoms with Gasteiger partial charge in [0.1, 0.15) is 11.8 Å². The van der Waals surface area contributed by atoms with Crippen LogP contribution in [-0.4, -0.2) is 31.5 Å². The molecule has 6 nitrogen and oxygen atoms in total. The van der Waals surface area contributed by atoms with Crippen LogP contribution < -0.4 is 4.74 Å². The molecule has 0 aliphatic heterocycles. The van der Waals surface area contributed by atoms with Crippen LogP contribution in [0.1, 0.15) is 50.7 Å². The Morgan fingerprint density at radius 2 is 2.10 bits per heavy atom. The number of rotatable bonds is 6. The Labute approximate surface area is 119 Å². The molecule has 0 bridgehead atoms. The van der Waals surface area contributed by atoms with Gasteiger partial charge in [-0.1, -0.05) is 6.92 Å². The van der Waals surface area contributed by atoms with Gasteiger partial charge in [0.25, 0.3) is 0 Å². The third-order valence-corrected chi connectivity index (χ3v) is 3.29. The van der Waals surface area contributed by atoms with Gasteiger partial charge in [-0.25, -0.2) is 4.98 Å². The average Bonchev–Trinajstić information content (AvgIpc) is 3.04. The molecule has 0 aliphatic carbocycles. The highest BCUT2D eigenvalue weighted by Crippen LogP contribution is 2.30. The molecule has 2 aromatic rings. The van der Waals surface area contributed by atoms with Crippen molar-refractivity contribution < 1.29 is 9.84 Å². The lowest BCUT2D eigenvalue weighted by atomic mass is 10.1. The topological polar surface area (TPSA) is 65.1 Å². The van der Waals surface area contributed by atoms with Crippen molar-refractivity contribution in [3.8, 4) is 5.75 Å². The van der Waals surface area contributed by atoms with Crippen molar-refractivity contribution >= 4 is 0 Å². The van der Waals surface area contributed by atoms with E-state index in [1.165, 1.54) is 0 Å². The maximum absolute atomic E-state index is 10.7. The Bertz CT molecular complexity index is 559. The molecule has 6 heteroatoms. The van der Waals surface area contributed by atoms with E-state index < -0.39 is 6.10 Å². The highest BCUT2D eigenvalue weighted by molar-refractivity contribution is 5.32. The number of hydrogen-bond acceptors (Lipinski definition) is 4. The van der Waals surface area contributed by atoms with Crippen LogP contribution in [-0.2, 0) is 6.54 Å². The van der Waals surface area contributed by atoms with Crippen LogP contribution in [0.5, 0.6) is 5.75 Å². The summed E-state index contributed by atoms with van der Waals surface area (Å²) in [5.74, 6) is 0.599. The zero-order valence-electron chi connectivity index (χ0n) is 12.4. The van der Waals surface area contributed by atoms with Crippen LogP contribution in [0.3, 0.4) is 0 Å². The van der Waals surface area contributed by atoms with E-state index in [1.54, 1.807) is 30.5 Å².